The number of aliphatic hydroxyl groups is 2. The quantitative estimate of drug-likeness (QED) is 0.486. The molecule has 194 valence electrons. The molecule has 0 bridgehead atoms. The van der Waals surface area contributed by atoms with Gasteiger partial charge in [0, 0.05) is 42.8 Å². The van der Waals surface area contributed by atoms with Crippen LogP contribution in [0, 0.1) is 0 Å². The normalized spacial score (nSPS) is 28.5. The first kappa shape index (κ1) is 25.5. The Labute approximate surface area is 217 Å². The number of nitrogens with zero attached hydrogens (tertiary/aromatic N) is 4. The van der Waals surface area contributed by atoms with E-state index in [1.54, 1.807) is 6.33 Å². The molecule has 1 aromatic carbocycles. The smallest absolute Gasteiger partial charge is 0.135 e. The van der Waals surface area contributed by atoms with Crippen LogP contribution in [-0.2, 0) is 4.79 Å². The van der Waals surface area contributed by atoms with Gasteiger partial charge in [0.1, 0.15) is 18.4 Å². The molecule has 2 fully saturated rings. The van der Waals surface area contributed by atoms with Crippen molar-refractivity contribution in [3.05, 3.63) is 52.4 Å². The fraction of sp³-hybridized carbons (Fsp3) is 0.593. The van der Waals surface area contributed by atoms with Crippen molar-refractivity contribution in [2.45, 2.75) is 75.3 Å². The van der Waals surface area contributed by atoms with Crippen LogP contribution in [0.2, 0.25) is 5.02 Å². The minimum Gasteiger partial charge on any atom is -0.393 e. The number of fused-ring (bicyclic) bond motifs is 1. The van der Waals surface area contributed by atoms with Gasteiger partial charge in [-0.05, 0) is 55.7 Å². The monoisotopic (exact) mass is 513 g/mol. The number of hydrogen-bond acceptors (Lipinski definition) is 8. The number of nitrogens with one attached hydrogen (secondary N) is 1. The van der Waals surface area contributed by atoms with Crippen molar-refractivity contribution in [1.82, 2.24) is 20.2 Å². The first-order valence-corrected chi connectivity index (χ1v) is 13.5. The zero-order valence-corrected chi connectivity index (χ0v) is 21.5. The van der Waals surface area contributed by atoms with E-state index in [9.17, 15) is 15.0 Å². The number of benzene rings is 1. The summed E-state index contributed by atoms with van der Waals surface area (Å²) < 4.78 is 0. The lowest BCUT2D eigenvalue weighted by Crippen LogP contribution is -2.59. The predicted molar refractivity (Wildman–Crippen MR) is 139 cm³/mol. The molecule has 8 nitrogen and oxygen atoms in total. The molecular weight excluding hydrogens is 478 g/mol. The first-order valence-electron chi connectivity index (χ1n) is 13.1. The van der Waals surface area contributed by atoms with E-state index in [0.717, 1.165) is 80.8 Å². The van der Waals surface area contributed by atoms with Crippen molar-refractivity contribution in [2.75, 3.05) is 31.1 Å². The molecule has 2 unspecified atom stereocenters. The second kappa shape index (κ2) is 11.1. The van der Waals surface area contributed by atoms with Gasteiger partial charge in [-0.2, -0.15) is 0 Å². The summed E-state index contributed by atoms with van der Waals surface area (Å²) in [5.74, 6) is 0.822. The highest BCUT2D eigenvalue weighted by atomic mass is 35.5. The van der Waals surface area contributed by atoms with E-state index in [0.29, 0.717) is 11.4 Å². The Morgan fingerprint density at radius 2 is 1.75 bits per heavy atom. The third kappa shape index (κ3) is 5.29. The number of rotatable bonds is 7. The van der Waals surface area contributed by atoms with E-state index in [-0.39, 0.29) is 30.1 Å². The molecule has 2 heterocycles. The second-order valence-corrected chi connectivity index (χ2v) is 10.9. The third-order valence-corrected chi connectivity index (χ3v) is 8.38. The third-order valence-electron chi connectivity index (χ3n) is 8.13. The fourth-order valence-corrected chi connectivity index (χ4v) is 6.23. The van der Waals surface area contributed by atoms with E-state index in [1.807, 2.05) is 24.3 Å². The molecule has 5 rings (SSSR count). The van der Waals surface area contributed by atoms with Crippen molar-refractivity contribution >= 4 is 23.7 Å². The standard InChI is InChI=1S/C27H36ClN5O3/c1-17-14-23(36)25-24(17)27(30-16-29-25)33-12-10-32(11-13-33)26(31-20-6-8-21(35)9-7-20)22(15-34)18-2-4-19(28)5-3-18/h2-5,15-17,20-23,26,31,35-36H,6-14H2,1H3/t17-,20?,21?,22?,23-,26?/m1/s1. The molecule has 3 aliphatic rings. The molecule has 4 atom stereocenters. The van der Waals surface area contributed by atoms with Gasteiger partial charge in [-0.3, -0.25) is 10.2 Å². The van der Waals surface area contributed by atoms with Crippen LogP contribution in [0.1, 0.15) is 73.8 Å². The lowest BCUT2D eigenvalue weighted by molar-refractivity contribution is -0.111. The maximum Gasteiger partial charge on any atom is 0.135 e. The Bertz CT molecular complexity index is 1040. The highest BCUT2D eigenvalue weighted by molar-refractivity contribution is 6.30. The summed E-state index contributed by atoms with van der Waals surface area (Å²) in [7, 11) is 0. The van der Waals surface area contributed by atoms with Crippen LogP contribution in [0.4, 0.5) is 5.82 Å². The second-order valence-electron chi connectivity index (χ2n) is 10.5. The number of anilines is 1. The van der Waals surface area contributed by atoms with E-state index in [1.165, 1.54) is 0 Å². The average molecular weight is 514 g/mol. The number of halogens is 1. The largest absolute Gasteiger partial charge is 0.393 e. The number of hydrogen-bond donors (Lipinski definition) is 3. The van der Waals surface area contributed by atoms with Gasteiger partial charge >= 0.3 is 0 Å². The van der Waals surface area contributed by atoms with Gasteiger partial charge in [-0.1, -0.05) is 30.7 Å². The lowest BCUT2D eigenvalue weighted by atomic mass is 9.90. The Hall–Kier alpha value is -2.10. The molecule has 1 saturated carbocycles. The van der Waals surface area contributed by atoms with Crippen LogP contribution < -0.4 is 10.2 Å². The maximum absolute atomic E-state index is 12.5. The SMILES string of the molecule is C[C@@H]1C[C@@H](O)c2ncnc(N3CCN(C(NC4CCC(O)CC4)C(C=O)c4ccc(Cl)cc4)CC3)c21. The van der Waals surface area contributed by atoms with Crippen LogP contribution in [0.3, 0.4) is 0 Å². The van der Waals surface area contributed by atoms with Gasteiger partial charge in [0.05, 0.1) is 30.0 Å². The van der Waals surface area contributed by atoms with Gasteiger partial charge in [0.2, 0.25) is 0 Å². The van der Waals surface area contributed by atoms with E-state index in [2.05, 4.69) is 32.0 Å². The first-order chi connectivity index (χ1) is 17.4. The zero-order chi connectivity index (χ0) is 25.2. The molecule has 36 heavy (non-hydrogen) atoms. The number of aliphatic hydroxyl groups excluding tert-OH is 2. The predicted octanol–water partition coefficient (Wildman–Crippen LogP) is 2.99. The molecule has 1 aliphatic heterocycles. The summed E-state index contributed by atoms with van der Waals surface area (Å²) in [6.07, 6.45) is 5.77. The van der Waals surface area contributed by atoms with E-state index in [4.69, 9.17) is 11.6 Å². The minimum atomic E-state index is -0.520. The van der Waals surface area contributed by atoms with Gasteiger partial charge in [-0.15, -0.1) is 0 Å². The van der Waals surface area contributed by atoms with Crippen LogP contribution in [0.15, 0.2) is 30.6 Å². The molecule has 3 N–H and O–H groups in total. The highest BCUT2D eigenvalue weighted by Gasteiger charge is 2.36. The summed E-state index contributed by atoms with van der Waals surface area (Å²) in [6.45, 7) is 5.24. The van der Waals surface area contributed by atoms with Crippen molar-refractivity contribution < 1.29 is 15.0 Å². The van der Waals surface area contributed by atoms with Crippen molar-refractivity contribution in [2.24, 2.45) is 0 Å². The summed E-state index contributed by atoms with van der Waals surface area (Å²) >= 11 is 6.12. The number of aldehydes is 1. The molecule has 1 aromatic heterocycles. The van der Waals surface area contributed by atoms with Gasteiger partial charge in [0.15, 0.2) is 0 Å². The Morgan fingerprint density at radius 1 is 1.06 bits per heavy atom. The zero-order valence-electron chi connectivity index (χ0n) is 20.8. The summed E-state index contributed by atoms with van der Waals surface area (Å²) in [6, 6.07) is 7.82. The van der Waals surface area contributed by atoms with Crippen LogP contribution in [-0.4, -0.2) is 75.9 Å². The van der Waals surface area contributed by atoms with Crippen molar-refractivity contribution in [3.63, 3.8) is 0 Å². The van der Waals surface area contributed by atoms with Crippen LogP contribution >= 0.6 is 11.6 Å². The molecule has 2 aliphatic carbocycles. The van der Waals surface area contributed by atoms with Gasteiger partial charge in [0.25, 0.3) is 0 Å². The summed E-state index contributed by atoms with van der Waals surface area (Å²) in [5, 5.41) is 24.8. The maximum atomic E-state index is 12.5. The molecule has 1 saturated heterocycles. The molecule has 0 radical (unpaired) electrons. The lowest BCUT2D eigenvalue weighted by Gasteiger charge is -2.44. The Morgan fingerprint density at radius 3 is 2.42 bits per heavy atom. The number of carbonyl (C=O) groups excluding carboxylic acids is 1. The molecule has 0 spiro atoms. The summed E-state index contributed by atoms with van der Waals surface area (Å²) in [4.78, 5) is 26.1. The molecule has 2 aromatic rings. The number of carbonyl (C=O) groups is 1. The Kier molecular flexibility index (Phi) is 7.88. The van der Waals surface area contributed by atoms with Crippen LogP contribution in [0.5, 0.6) is 0 Å². The van der Waals surface area contributed by atoms with Gasteiger partial charge < -0.3 is 19.9 Å². The Balaban J connectivity index is 1.34. The molecule has 9 heteroatoms. The number of aromatic nitrogens is 2. The molecule has 0 amide bonds. The van der Waals surface area contributed by atoms with E-state index >= 15 is 0 Å². The van der Waals surface area contributed by atoms with Crippen molar-refractivity contribution in [3.8, 4) is 0 Å². The minimum absolute atomic E-state index is 0.150. The average Bonchev–Trinajstić information content (AvgIpc) is 3.19. The topological polar surface area (TPSA) is 102 Å². The number of piperazine rings is 1. The van der Waals surface area contributed by atoms with E-state index < -0.39 is 6.10 Å². The van der Waals surface area contributed by atoms with Gasteiger partial charge in [-0.25, -0.2) is 9.97 Å². The fourth-order valence-electron chi connectivity index (χ4n) is 6.11. The van der Waals surface area contributed by atoms with Crippen molar-refractivity contribution in [1.29, 1.82) is 0 Å². The summed E-state index contributed by atoms with van der Waals surface area (Å²) in [5.41, 5.74) is 2.78. The molecular formula is C27H36ClN5O3. The highest BCUT2D eigenvalue weighted by Crippen LogP contribution is 2.43. The van der Waals surface area contributed by atoms with Crippen LogP contribution in [0.25, 0.3) is 0 Å².